The number of piperidine rings is 2. The van der Waals surface area contributed by atoms with E-state index in [1.54, 1.807) is 20.6 Å². The summed E-state index contributed by atoms with van der Waals surface area (Å²) < 4.78 is 85.2. The summed E-state index contributed by atoms with van der Waals surface area (Å²) in [6.07, 6.45) is -6.91. The van der Waals surface area contributed by atoms with Crippen molar-refractivity contribution in [1.29, 1.82) is 0 Å². The number of nitrogens with two attached hydrogens (primary N) is 1. The molecule has 2 aromatic carbocycles. The Hall–Kier alpha value is -4.64. The lowest BCUT2D eigenvalue weighted by Gasteiger charge is -2.41. The maximum atomic E-state index is 14.1. The van der Waals surface area contributed by atoms with Crippen molar-refractivity contribution in [2.75, 3.05) is 58.1 Å². The lowest BCUT2D eigenvalue weighted by Crippen LogP contribution is -2.55. The molecule has 3 fully saturated rings. The van der Waals surface area contributed by atoms with Gasteiger partial charge < -0.3 is 25.8 Å². The fourth-order valence-electron chi connectivity index (χ4n) is 8.37. The molecule has 7 rings (SSSR count). The lowest BCUT2D eigenvalue weighted by atomic mass is 9.90. The van der Waals surface area contributed by atoms with Crippen LogP contribution in [0.5, 0.6) is 0 Å². The Morgan fingerprint density at radius 1 is 0.852 bits per heavy atom. The smallest absolute Gasteiger partial charge is 0.398 e. The van der Waals surface area contributed by atoms with Gasteiger partial charge in [0.1, 0.15) is 0 Å². The molecule has 1 atom stereocenters. The van der Waals surface area contributed by atoms with Gasteiger partial charge in [0.2, 0.25) is 11.8 Å². The Bertz CT molecular complexity index is 2040. The summed E-state index contributed by atoms with van der Waals surface area (Å²) in [6, 6.07) is 8.62. The molecule has 2 amide bonds. The average molecular weight is 761 g/mol. The Morgan fingerprint density at radius 3 is 2.11 bits per heavy atom. The van der Waals surface area contributed by atoms with Crippen molar-refractivity contribution in [3.05, 3.63) is 69.8 Å². The van der Waals surface area contributed by atoms with Crippen molar-refractivity contribution in [3.8, 4) is 0 Å². The lowest BCUT2D eigenvalue weighted by molar-refractivity contribution is -0.143. The molecular weight excluding hydrogens is 718 g/mol. The number of carbonyl (C=O) groups is 2. The van der Waals surface area contributed by atoms with E-state index in [1.807, 2.05) is 24.3 Å². The second-order valence-corrected chi connectivity index (χ2v) is 14.5. The summed E-state index contributed by atoms with van der Waals surface area (Å²) in [6.45, 7) is 4.04. The highest BCUT2D eigenvalue weighted by Crippen LogP contribution is 2.42. The molecule has 3 aliphatic heterocycles. The first-order valence-electron chi connectivity index (χ1n) is 18.2. The molecule has 3 saturated heterocycles. The molecule has 0 unspecified atom stereocenters. The predicted molar refractivity (Wildman–Crippen MR) is 189 cm³/mol. The van der Waals surface area contributed by atoms with Gasteiger partial charge in [0.15, 0.2) is 0 Å². The van der Waals surface area contributed by atoms with Gasteiger partial charge in [0.05, 0.1) is 45.5 Å². The molecule has 0 bridgehead atoms. The number of hydrogen-bond acceptors (Lipinski definition) is 7. The van der Waals surface area contributed by atoms with Crippen LogP contribution in [0.15, 0.2) is 47.4 Å². The molecule has 3 aliphatic rings. The summed E-state index contributed by atoms with van der Waals surface area (Å²) in [5.41, 5.74) is 2.00. The number of carbonyl (C=O) groups excluding carboxylic acids is 2. The number of nitrogens with one attached hydrogen (secondary N) is 2. The molecule has 0 saturated carbocycles. The van der Waals surface area contributed by atoms with E-state index < -0.39 is 59.7 Å². The first kappa shape index (κ1) is 37.7. The number of alkyl halides is 6. The van der Waals surface area contributed by atoms with Crippen molar-refractivity contribution in [3.63, 3.8) is 0 Å². The van der Waals surface area contributed by atoms with Gasteiger partial charge in [0.25, 0.3) is 0 Å². The maximum Gasteiger partial charge on any atom is 0.418 e. The van der Waals surface area contributed by atoms with Gasteiger partial charge in [0, 0.05) is 63.2 Å². The van der Waals surface area contributed by atoms with Crippen LogP contribution >= 0.6 is 0 Å². The molecule has 54 heavy (non-hydrogen) atoms. The van der Waals surface area contributed by atoms with Gasteiger partial charge in [-0.25, -0.2) is 4.79 Å². The molecule has 0 aliphatic carbocycles. The molecule has 2 aromatic heterocycles. The fraction of sp³-hybridized carbons (Fsp3) is 0.514. The monoisotopic (exact) mass is 760 g/mol. The summed E-state index contributed by atoms with van der Waals surface area (Å²) in [4.78, 5) is 53.9. The highest BCUT2D eigenvalue weighted by atomic mass is 19.4. The van der Waals surface area contributed by atoms with Crippen molar-refractivity contribution < 1.29 is 35.9 Å². The summed E-state index contributed by atoms with van der Waals surface area (Å²) >= 11 is 0. The number of H-pyrrole nitrogens is 1. The van der Waals surface area contributed by atoms with Crippen molar-refractivity contribution in [1.82, 2.24) is 34.6 Å². The van der Waals surface area contributed by atoms with Crippen LogP contribution in [0.4, 0.5) is 32.0 Å². The van der Waals surface area contributed by atoms with Crippen LogP contribution in [-0.4, -0.2) is 99.4 Å². The number of benzene rings is 2. The Balaban J connectivity index is 1.10. The highest BCUT2D eigenvalue weighted by molar-refractivity contribution is 6.01. The second-order valence-electron chi connectivity index (χ2n) is 14.5. The minimum absolute atomic E-state index is 0.234. The molecule has 17 heteroatoms. The molecule has 11 nitrogen and oxygen atoms in total. The van der Waals surface area contributed by atoms with E-state index in [-0.39, 0.29) is 30.4 Å². The zero-order chi connectivity index (χ0) is 38.4. The standard InChI is InChI=1S/C37H42F6N8O3/c38-36(39,40)27-18-22(19-28(32(27)44)37(41,42)43)17-23(34(53)50-15-13-48(14-16-50)24-5-9-45-10-6-24)20-31(52)49-11-7-25(8-12-49)51-30-21-46-29-4-2-1-3-26(29)33(30)47-35(51)54/h1-4,18-19,21,23-25,45H,5-17,20,44H2,(H,47,54)/t23-/m0/s1. The summed E-state index contributed by atoms with van der Waals surface area (Å²) in [5.74, 6) is -2.16. The fourth-order valence-corrected chi connectivity index (χ4v) is 8.37. The van der Waals surface area contributed by atoms with E-state index >= 15 is 0 Å². The molecule has 4 N–H and O–H groups in total. The van der Waals surface area contributed by atoms with Crippen LogP contribution in [0.1, 0.15) is 54.8 Å². The molecule has 4 aromatic rings. The van der Waals surface area contributed by atoms with E-state index in [0.29, 0.717) is 68.2 Å². The van der Waals surface area contributed by atoms with Crippen LogP contribution in [0.2, 0.25) is 0 Å². The average Bonchev–Trinajstić information content (AvgIpc) is 3.50. The number of piperazine rings is 1. The Labute approximate surface area is 306 Å². The topological polar surface area (TPSA) is 133 Å². The normalized spacial score (nSPS) is 19.1. The number of pyridine rings is 1. The third-order valence-electron chi connectivity index (χ3n) is 11.2. The van der Waals surface area contributed by atoms with Gasteiger partial charge in [-0.3, -0.25) is 24.0 Å². The first-order chi connectivity index (χ1) is 25.7. The largest absolute Gasteiger partial charge is 0.418 e. The van der Waals surface area contributed by atoms with Crippen molar-refractivity contribution in [2.24, 2.45) is 5.92 Å². The molecule has 0 radical (unpaired) electrons. The van der Waals surface area contributed by atoms with Gasteiger partial charge in [-0.2, -0.15) is 26.3 Å². The number of imidazole rings is 1. The maximum absolute atomic E-state index is 14.1. The van der Waals surface area contributed by atoms with E-state index in [1.165, 1.54) is 0 Å². The number of rotatable bonds is 7. The predicted octanol–water partition coefficient (Wildman–Crippen LogP) is 4.81. The molecule has 290 valence electrons. The number of anilines is 1. The SMILES string of the molecule is Nc1c(C(F)(F)F)cc(C[C@@H](CC(=O)N2CCC(n3c(=O)[nH]c4c5ccccc5ncc43)CC2)C(=O)N2CCN(C3CCNCC3)CC2)cc1C(F)(F)F. The van der Waals surface area contributed by atoms with Gasteiger partial charge in [-0.05, 0) is 69.0 Å². The summed E-state index contributed by atoms with van der Waals surface area (Å²) in [5, 5.41) is 4.12. The zero-order valence-electron chi connectivity index (χ0n) is 29.5. The second kappa shape index (κ2) is 14.9. The number of hydrogen-bond donors (Lipinski definition) is 3. The third kappa shape index (κ3) is 7.65. The number of halogens is 6. The molecule has 0 spiro atoms. The highest BCUT2D eigenvalue weighted by Gasteiger charge is 2.42. The first-order valence-corrected chi connectivity index (χ1v) is 18.2. The van der Waals surface area contributed by atoms with E-state index in [4.69, 9.17) is 5.73 Å². The molecular formula is C37H42F6N8O3. The van der Waals surface area contributed by atoms with Crippen molar-refractivity contribution in [2.45, 2.75) is 63.0 Å². The van der Waals surface area contributed by atoms with Crippen LogP contribution < -0.4 is 16.7 Å². The third-order valence-corrected chi connectivity index (χ3v) is 11.2. The number of fused-ring (bicyclic) bond motifs is 3. The van der Waals surface area contributed by atoms with Crippen LogP contribution in [-0.2, 0) is 28.4 Å². The van der Waals surface area contributed by atoms with Gasteiger partial charge in [-0.1, -0.05) is 18.2 Å². The van der Waals surface area contributed by atoms with Gasteiger partial charge >= 0.3 is 18.0 Å². The number of amides is 2. The molecule has 5 heterocycles. The Kier molecular flexibility index (Phi) is 10.4. The van der Waals surface area contributed by atoms with Crippen molar-refractivity contribution >= 4 is 39.4 Å². The zero-order valence-corrected chi connectivity index (χ0v) is 29.5. The van der Waals surface area contributed by atoms with Crippen LogP contribution in [0.3, 0.4) is 0 Å². The van der Waals surface area contributed by atoms with Gasteiger partial charge in [-0.15, -0.1) is 0 Å². The van der Waals surface area contributed by atoms with E-state index in [9.17, 15) is 40.7 Å². The Morgan fingerprint density at radius 2 is 1.48 bits per heavy atom. The number of aromatic amines is 1. The number of likely N-dealkylation sites (tertiary alicyclic amines) is 1. The van der Waals surface area contributed by atoms with Crippen LogP contribution in [0, 0.1) is 5.92 Å². The quantitative estimate of drug-likeness (QED) is 0.182. The number of nitrogen functional groups attached to an aromatic ring is 1. The van der Waals surface area contributed by atoms with Crippen LogP contribution in [0.25, 0.3) is 21.9 Å². The summed E-state index contributed by atoms with van der Waals surface area (Å²) in [7, 11) is 0. The number of para-hydroxylation sites is 1. The number of aromatic nitrogens is 3. The van der Waals surface area contributed by atoms with E-state index in [2.05, 4.69) is 20.2 Å². The number of nitrogens with zero attached hydrogens (tertiary/aromatic N) is 5. The minimum Gasteiger partial charge on any atom is -0.398 e. The minimum atomic E-state index is -5.18. The van der Waals surface area contributed by atoms with E-state index in [0.717, 1.165) is 36.8 Å².